The van der Waals surface area contributed by atoms with E-state index < -0.39 is 5.97 Å². The second kappa shape index (κ2) is 6.89. The van der Waals surface area contributed by atoms with E-state index in [1.807, 2.05) is 13.0 Å². The molecule has 2 aromatic rings. The molecule has 2 N–H and O–H groups in total. The highest BCUT2D eigenvalue weighted by molar-refractivity contribution is 5.88. The highest BCUT2D eigenvalue weighted by Gasteiger charge is 2.08. The zero-order valence-corrected chi connectivity index (χ0v) is 13.0. The predicted molar refractivity (Wildman–Crippen MR) is 87.0 cm³/mol. The number of carboxylic acid groups (broad SMARTS) is 1. The standard InChI is InChI=1S/C16H20N4O2/c1-4-20(5-2)16-17-11(3)10-14(19-16)18-13-8-6-12(7-9-13)15(21)22/h6-10H,4-5H2,1-3H3,(H,21,22)(H,17,18,19). The first kappa shape index (κ1) is 15.8. The van der Waals surface area contributed by atoms with Crippen LogP contribution in [0.25, 0.3) is 0 Å². The lowest BCUT2D eigenvalue weighted by atomic mass is 10.2. The van der Waals surface area contributed by atoms with Gasteiger partial charge in [-0.15, -0.1) is 0 Å². The van der Waals surface area contributed by atoms with Gasteiger partial charge in [-0.1, -0.05) is 0 Å². The summed E-state index contributed by atoms with van der Waals surface area (Å²) in [6.07, 6.45) is 0. The number of nitrogens with zero attached hydrogens (tertiary/aromatic N) is 3. The average molecular weight is 300 g/mol. The molecule has 6 nitrogen and oxygen atoms in total. The largest absolute Gasteiger partial charge is 0.478 e. The normalized spacial score (nSPS) is 10.3. The number of anilines is 3. The molecule has 0 bridgehead atoms. The summed E-state index contributed by atoms with van der Waals surface area (Å²) in [4.78, 5) is 21.9. The van der Waals surface area contributed by atoms with Crippen molar-refractivity contribution in [2.75, 3.05) is 23.3 Å². The van der Waals surface area contributed by atoms with Gasteiger partial charge < -0.3 is 15.3 Å². The van der Waals surface area contributed by atoms with Crippen molar-refractivity contribution < 1.29 is 9.90 Å². The van der Waals surface area contributed by atoms with E-state index >= 15 is 0 Å². The smallest absolute Gasteiger partial charge is 0.335 e. The maximum atomic E-state index is 10.9. The van der Waals surface area contributed by atoms with Crippen molar-refractivity contribution in [2.24, 2.45) is 0 Å². The molecule has 2 rings (SSSR count). The molecular weight excluding hydrogens is 280 g/mol. The highest BCUT2D eigenvalue weighted by atomic mass is 16.4. The fourth-order valence-corrected chi connectivity index (χ4v) is 2.11. The number of carboxylic acids is 1. The number of nitrogens with one attached hydrogen (secondary N) is 1. The molecule has 0 aliphatic rings. The van der Waals surface area contributed by atoms with E-state index in [9.17, 15) is 4.79 Å². The molecule has 0 saturated carbocycles. The summed E-state index contributed by atoms with van der Waals surface area (Å²) in [6, 6.07) is 8.42. The van der Waals surface area contributed by atoms with Crippen molar-refractivity contribution in [2.45, 2.75) is 20.8 Å². The summed E-state index contributed by atoms with van der Waals surface area (Å²) < 4.78 is 0. The Labute approximate surface area is 129 Å². The monoisotopic (exact) mass is 300 g/mol. The van der Waals surface area contributed by atoms with E-state index in [1.165, 1.54) is 0 Å². The van der Waals surface area contributed by atoms with E-state index in [-0.39, 0.29) is 5.56 Å². The van der Waals surface area contributed by atoms with Crippen LogP contribution in [0.2, 0.25) is 0 Å². The SMILES string of the molecule is CCN(CC)c1nc(C)cc(Nc2ccc(C(=O)O)cc2)n1. The van der Waals surface area contributed by atoms with Gasteiger partial charge >= 0.3 is 5.97 Å². The van der Waals surface area contributed by atoms with Gasteiger partial charge in [0, 0.05) is 30.5 Å². The van der Waals surface area contributed by atoms with Crippen molar-refractivity contribution in [3.8, 4) is 0 Å². The summed E-state index contributed by atoms with van der Waals surface area (Å²) in [5.41, 5.74) is 1.92. The van der Waals surface area contributed by atoms with Gasteiger partial charge in [-0.05, 0) is 45.0 Å². The minimum absolute atomic E-state index is 0.258. The van der Waals surface area contributed by atoms with Crippen molar-refractivity contribution in [3.05, 3.63) is 41.6 Å². The van der Waals surface area contributed by atoms with Gasteiger partial charge in [0.1, 0.15) is 5.82 Å². The third-order valence-electron chi connectivity index (χ3n) is 3.29. The van der Waals surface area contributed by atoms with Crippen molar-refractivity contribution in [1.29, 1.82) is 0 Å². The molecule has 0 saturated heterocycles. The molecule has 6 heteroatoms. The molecule has 0 aliphatic carbocycles. The molecule has 0 aliphatic heterocycles. The maximum Gasteiger partial charge on any atom is 0.335 e. The Kier molecular flexibility index (Phi) is 4.93. The van der Waals surface area contributed by atoms with E-state index in [0.29, 0.717) is 11.8 Å². The molecule has 0 fully saturated rings. The number of rotatable bonds is 6. The van der Waals surface area contributed by atoms with Gasteiger partial charge in [-0.2, -0.15) is 4.98 Å². The quantitative estimate of drug-likeness (QED) is 0.853. The second-order valence-corrected chi connectivity index (χ2v) is 4.87. The first-order chi connectivity index (χ1) is 10.5. The molecule has 22 heavy (non-hydrogen) atoms. The second-order valence-electron chi connectivity index (χ2n) is 4.87. The fourth-order valence-electron chi connectivity index (χ4n) is 2.11. The van der Waals surface area contributed by atoms with Crippen LogP contribution in [-0.4, -0.2) is 34.1 Å². The Morgan fingerprint density at radius 3 is 2.36 bits per heavy atom. The van der Waals surface area contributed by atoms with Crippen LogP contribution in [-0.2, 0) is 0 Å². The topological polar surface area (TPSA) is 78.4 Å². The Morgan fingerprint density at radius 2 is 1.82 bits per heavy atom. The van der Waals surface area contributed by atoms with Crippen LogP contribution in [0.1, 0.15) is 29.9 Å². The van der Waals surface area contributed by atoms with Gasteiger partial charge in [0.2, 0.25) is 5.95 Å². The lowest BCUT2D eigenvalue weighted by Gasteiger charge is -2.19. The fraction of sp³-hybridized carbons (Fsp3) is 0.312. The average Bonchev–Trinajstić information content (AvgIpc) is 2.48. The lowest BCUT2D eigenvalue weighted by molar-refractivity contribution is 0.0697. The maximum absolute atomic E-state index is 10.9. The van der Waals surface area contributed by atoms with Gasteiger partial charge in [-0.25, -0.2) is 9.78 Å². The number of aromatic carboxylic acids is 1. The summed E-state index contributed by atoms with van der Waals surface area (Å²) in [5, 5.41) is 12.1. The van der Waals surface area contributed by atoms with E-state index in [1.54, 1.807) is 24.3 Å². The number of aromatic nitrogens is 2. The van der Waals surface area contributed by atoms with Crippen LogP contribution >= 0.6 is 0 Å². The van der Waals surface area contributed by atoms with Crippen LogP contribution in [0.15, 0.2) is 30.3 Å². The first-order valence-corrected chi connectivity index (χ1v) is 7.24. The van der Waals surface area contributed by atoms with Crippen molar-refractivity contribution in [1.82, 2.24) is 9.97 Å². The predicted octanol–water partition coefficient (Wildman–Crippen LogP) is 3.07. The van der Waals surface area contributed by atoms with E-state index in [2.05, 4.69) is 34.0 Å². The van der Waals surface area contributed by atoms with E-state index in [0.717, 1.165) is 24.5 Å². The third-order valence-corrected chi connectivity index (χ3v) is 3.29. The molecule has 1 aromatic carbocycles. The van der Waals surface area contributed by atoms with Crippen LogP contribution < -0.4 is 10.2 Å². The molecule has 1 heterocycles. The van der Waals surface area contributed by atoms with Crippen LogP contribution in [0.3, 0.4) is 0 Å². The molecule has 0 spiro atoms. The van der Waals surface area contributed by atoms with Crippen LogP contribution in [0, 0.1) is 6.92 Å². The minimum atomic E-state index is -0.937. The third kappa shape index (κ3) is 3.72. The van der Waals surface area contributed by atoms with Gasteiger partial charge in [0.15, 0.2) is 0 Å². The van der Waals surface area contributed by atoms with Crippen molar-refractivity contribution >= 4 is 23.4 Å². The van der Waals surface area contributed by atoms with Crippen LogP contribution in [0.4, 0.5) is 17.5 Å². The summed E-state index contributed by atoms with van der Waals surface area (Å²) in [6.45, 7) is 7.73. The Hall–Kier alpha value is -2.63. The molecule has 0 radical (unpaired) electrons. The summed E-state index contributed by atoms with van der Waals surface area (Å²) in [7, 11) is 0. The van der Waals surface area contributed by atoms with Gasteiger partial charge in [0.25, 0.3) is 0 Å². The zero-order chi connectivity index (χ0) is 16.1. The number of benzene rings is 1. The van der Waals surface area contributed by atoms with E-state index in [4.69, 9.17) is 5.11 Å². The molecule has 0 unspecified atom stereocenters. The van der Waals surface area contributed by atoms with Gasteiger partial charge in [-0.3, -0.25) is 0 Å². The summed E-state index contributed by atoms with van der Waals surface area (Å²) in [5.74, 6) is 0.445. The number of hydrogen-bond acceptors (Lipinski definition) is 5. The lowest BCUT2D eigenvalue weighted by Crippen LogP contribution is -2.24. The number of carbonyl (C=O) groups is 1. The first-order valence-electron chi connectivity index (χ1n) is 7.24. The number of aryl methyl sites for hydroxylation is 1. The minimum Gasteiger partial charge on any atom is -0.478 e. The number of hydrogen-bond donors (Lipinski definition) is 2. The van der Waals surface area contributed by atoms with Crippen LogP contribution in [0.5, 0.6) is 0 Å². The molecule has 116 valence electrons. The summed E-state index contributed by atoms with van der Waals surface area (Å²) >= 11 is 0. The Bertz CT molecular complexity index is 652. The molecule has 0 amide bonds. The zero-order valence-electron chi connectivity index (χ0n) is 13.0. The van der Waals surface area contributed by atoms with Gasteiger partial charge in [0.05, 0.1) is 5.56 Å². The highest BCUT2D eigenvalue weighted by Crippen LogP contribution is 2.19. The Morgan fingerprint density at radius 1 is 1.18 bits per heavy atom. The molecule has 1 aromatic heterocycles. The molecular formula is C16H20N4O2. The van der Waals surface area contributed by atoms with Crippen molar-refractivity contribution in [3.63, 3.8) is 0 Å². The Balaban J connectivity index is 2.23. The molecule has 0 atom stereocenters.